The van der Waals surface area contributed by atoms with Crippen LogP contribution in [0.25, 0.3) is 17.1 Å². The second-order valence-corrected chi connectivity index (χ2v) is 6.56. The van der Waals surface area contributed by atoms with Crippen LogP contribution in [0.3, 0.4) is 0 Å². The predicted octanol–water partition coefficient (Wildman–Crippen LogP) is 1.77. The SMILES string of the molecule is COc1cc(/C(C)=N/NC(=O)c2nnn(-c3nonc3N)c2-c2ccccc2)ccc1O. The van der Waals surface area contributed by atoms with Gasteiger partial charge in [-0.1, -0.05) is 35.5 Å². The second kappa shape index (κ2) is 8.55. The normalized spacial score (nSPS) is 11.4. The third-order valence-corrected chi connectivity index (χ3v) is 4.55. The van der Waals surface area contributed by atoms with Crippen LogP contribution in [0.1, 0.15) is 23.0 Å². The standard InChI is InChI=1S/C20H18N8O4/c1-11(13-8-9-14(29)15(10-13)31-2)22-24-20(30)16-17(12-6-4-3-5-7-12)28(27-23-16)19-18(21)25-32-26-19/h3-10,29H,1-2H3,(H2,21,25)(H,24,30)/b22-11+. The predicted molar refractivity (Wildman–Crippen MR) is 113 cm³/mol. The summed E-state index contributed by atoms with van der Waals surface area (Å²) in [6.07, 6.45) is 0. The van der Waals surface area contributed by atoms with E-state index in [1.54, 1.807) is 43.3 Å². The quantitative estimate of drug-likeness (QED) is 0.303. The molecule has 0 atom stereocenters. The first-order valence-corrected chi connectivity index (χ1v) is 9.31. The molecule has 162 valence electrons. The molecule has 0 fully saturated rings. The van der Waals surface area contributed by atoms with Crippen molar-refractivity contribution >= 4 is 17.4 Å². The Morgan fingerprint density at radius 3 is 2.69 bits per heavy atom. The van der Waals surface area contributed by atoms with Gasteiger partial charge in [-0.25, -0.2) is 10.1 Å². The highest BCUT2D eigenvalue weighted by Crippen LogP contribution is 2.27. The lowest BCUT2D eigenvalue weighted by Crippen LogP contribution is -2.21. The molecule has 0 aliphatic rings. The summed E-state index contributed by atoms with van der Waals surface area (Å²) in [7, 11) is 1.44. The van der Waals surface area contributed by atoms with Gasteiger partial charge in [-0.2, -0.15) is 9.78 Å². The summed E-state index contributed by atoms with van der Waals surface area (Å²) in [6, 6.07) is 13.7. The number of aromatic nitrogens is 5. The molecule has 12 heteroatoms. The maximum absolute atomic E-state index is 12.9. The molecule has 0 aliphatic carbocycles. The van der Waals surface area contributed by atoms with E-state index in [-0.39, 0.29) is 28.8 Å². The van der Waals surface area contributed by atoms with Gasteiger partial charge in [0.25, 0.3) is 5.91 Å². The molecule has 0 bridgehead atoms. The summed E-state index contributed by atoms with van der Waals surface area (Å²) < 4.78 is 11.0. The zero-order chi connectivity index (χ0) is 22.7. The molecule has 32 heavy (non-hydrogen) atoms. The Hall–Kier alpha value is -4.74. The van der Waals surface area contributed by atoms with Crippen molar-refractivity contribution < 1.29 is 19.3 Å². The maximum atomic E-state index is 12.9. The van der Waals surface area contributed by atoms with Gasteiger partial charge >= 0.3 is 0 Å². The fourth-order valence-corrected chi connectivity index (χ4v) is 2.93. The van der Waals surface area contributed by atoms with Crippen molar-refractivity contribution in [3.8, 4) is 28.6 Å². The van der Waals surface area contributed by atoms with Crippen LogP contribution in [0.15, 0.2) is 58.3 Å². The molecule has 4 rings (SSSR count). The summed E-state index contributed by atoms with van der Waals surface area (Å²) in [5, 5.41) is 29.2. The molecule has 0 saturated heterocycles. The molecule has 0 saturated carbocycles. The first kappa shape index (κ1) is 20.5. The first-order valence-electron chi connectivity index (χ1n) is 9.31. The number of nitrogens with one attached hydrogen (secondary N) is 1. The molecule has 0 aliphatic heterocycles. The number of nitrogens with two attached hydrogens (primary N) is 1. The van der Waals surface area contributed by atoms with Gasteiger partial charge in [-0.05, 0) is 35.4 Å². The van der Waals surface area contributed by atoms with Gasteiger partial charge in [0.2, 0.25) is 11.6 Å². The lowest BCUT2D eigenvalue weighted by Gasteiger charge is -2.07. The van der Waals surface area contributed by atoms with Crippen molar-refractivity contribution in [1.29, 1.82) is 0 Å². The van der Waals surface area contributed by atoms with Gasteiger partial charge in [0.05, 0.1) is 12.8 Å². The van der Waals surface area contributed by atoms with E-state index >= 15 is 0 Å². The summed E-state index contributed by atoms with van der Waals surface area (Å²) >= 11 is 0. The zero-order valence-corrected chi connectivity index (χ0v) is 17.1. The van der Waals surface area contributed by atoms with E-state index in [2.05, 4.69) is 35.8 Å². The smallest absolute Gasteiger partial charge is 0.294 e. The average molecular weight is 434 g/mol. The van der Waals surface area contributed by atoms with Crippen molar-refractivity contribution in [3.63, 3.8) is 0 Å². The lowest BCUT2D eigenvalue weighted by atomic mass is 10.1. The molecular weight excluding hydrogens is 416 g/mol. The van der Waals surface area contributed by atoms with Gasteiger partial charge in [0.1, 0.15) is 5.69 Å². The van der Waals surface area contributed by atoms with Gasteiger partial charge in [-0.15, -0.1) is 5.10 Å². The Labute approximate surface area is 181 Å². The van der Waals surface area contributed by atoms with Crippen LogP contribution in [0, 0.1) is 0 Å². The highest BCUT2D eigenvalue weighted by atomic mass is 16.6. The maximum Gasteiger partial charge on any atom is 0.294 e. The molecule has 2 heterocycles. The van der Waals surface area contributed by atoms with Crippen LogP contribution in [0.5, 0.6) is 11.5 Å². The second-order valence-electron chi connectivity index (χ2n) is 6.56. The van der Waals surface area contributed by atoms with Gasteiger partial charge in [-0.3, -0.25) is 4.79 Å². The highest BCUT2D eigenvalue weighted by Gasteiger charge is 2.25. The minimum absolute atomic E-state index is 0.00109. The minimum atomic E-state index is -0.602. The Morgan fingerprint density at radius 1 is 1.22 bits per heavy atom. The zero-order valence-electron chi connectivity index (χ0n) is 17.1. The summed E-state index contributed by atoms with van der Waals surface area (Å²) in [4.78, 5) is 12.9. The molecule has 4 aromatic rings. The number of carbonyl (C=O) groups excluding carboxylic acids is 1. The number of hydrazone groups is 1. The van der Waals surface area contributed by atoms with Crippen molar-refractivity contribution in [1.82, 2.24) is 30.7 Å². The number of hydrogen-bond donors (Lipinski definition) is 3. The number of methoxy groups -OCH3 is 1. The number of phenols is 1. The first-order chi connectivity index (χ1) is 15.5. The molecule has 0 spiro atoms. The fraction of sp³-hybridized carbons (Fsp3) is 0.100. The molecule has 12 nitrogen and oxygen atoms in total. The summed E-state index contributed by atoms with van der Waals surface area (Å²) in [6.45, 7) is 1.70. The summed E-state index contributed by atoms with van der Waals surface area (Å²) in [5.41, 5.74) is 10.4. The third-order valence-electron chi connectivity index (χ3n) is 4.55. The largest absolute Gasteiger partial charge is 0.504 e. The topological polar surface area (TPSA) is 167 Å². The van der Waals surface area contributed by atoms with E-state index in [9.17, 15) is 9.90 Å². The lowest BCUT2D eigenvalue weighted by molar-refractivity contribution is 0.0950. The molecule has 2 aromatic heterocycles. The number of benzene rings is 2. The van der Waals surface area contributed by atoms with E-state index in [0.717, 1.165) is 0 Å². The monoisotopic (exact) mass is 434 g/mol. The molecule has 0 unspecified atom stereocenters. The third kappa shape index (κ3) is 3.84. The number of carbonyl (C=O) groups is 1. The fourth-order valence-electron chi connectivity index (χ4n) is 2.93. The number of anilines is 1. The molecule has 1 amide bonds. The highest BCUT2D eigenvalue weighted by molar-refractivity contribution is 6.02. The van der Waals surface area contributed by atoms with Crippen LogP contribution >= 0.6 is 0 Å². The van der Waals surface area contributed by atoms with Crippen molar-refractivity contribution in [2.24, 2.45) is 5.10 Å². The molecule has 4 N–H and O–H groups in total. The Bertz CT molecular complexity index is 1300. The van der Waals surface area contributed by atoms with E-state index in [1.807, 2.05) is 6.07 Å². The molecule has 2 aromatic carbocycles. The van der Waals surface area contributed by atoms with E-state index in [1.165, 1.54) is 17.9 Å². The average Bonchev–Trinajstić information content (AvgIpc) is 3.44. The van der Waals surface area contributed by atoms with Crippen molar-refractivity contribution in [3.05, 3.63) is 59.8 Å². The van der Waals surface area contributed by atoms with Crippen LogP contribution in [0.2, 0.25) is 0 Å². The van der Waals surface area contributed by atoms with Crippen LogP contribution in [-0.2, 0) is 0 Å². The van der Waals surface area contributed by atoms with Crippen molar-refractivity contribution in [2.45, 2.75) is 6.92 Å². The number of nitrogens with zero attached hydrogens (tertiary/aromatic N) is 6. The number of rotatable bonds is 6. The van der Waals surface area contributed by atoms with Gasteiger partial charge in [0.15, 0.2) is 17.2 Å². The Morgan fingerprint density at radius 2 is 2.00 bits per heavy atom. The number of hydrogen-bond acceptors (Lipinski definition) is 10. The molecule has 0 radical (unpaired) electrons. The van der Waals surface area contributed by atoms with E-state index < -0.39 is 5.91 Å². The number of phenolic OH excluding ortho intramolecular Hbond substituents is 1. The number of amides is 1. The van der Waals surface area contributed by atoms with Crippen LogP contribution in [0.4, 0.5) is 5.82 Å². The number of nitrogen functional groups attached to an aromatic ring is 1. The van der Waals surface area contributed by atoms with Crippen LogP contribution in [-0.4, -0.2) is 49.1 Å². The number of aromatic hydroxyl groups is 1. The van der Waals surface area contributed by atoms with Crippen molar-refractivity contribution in [2.75, 3.05) is 12.8 Å². The minimum Gasteiger partial charge on any atom is -0.504 e. The number of ether oxygens (including phenoxy) is 1. The van der Waals surface area contributed by atoms with E-state index in [0.29, 0.717) is 22.5 Å². The van der Waals surface area contributed by atoms with Crippen LogP contribution < -0.4 is 15.9 Å². The van der Waals surface area contributed by atoms with E-state index in [4.69, 9.17) is 10.5 Å². The summed E-state index contributed by atoms with van der Waals surface area (Å²) in [5.74, 6) is -0.217. The Balaban J connectivity index is 1.68. The molecular formula is C20H18N8O4. The van der Waals surface area contributed by atoms with Gasteiger partial charge < -0.3 is 15.6 Å². The Kier molecular flexibility index (Phi) is 5.49. The van der Waals surface area contributed by atoms with Gasteiger partial charge in [0, 0.05) is 11.1 Å².